The van der Waals surface area contributed by atoms with E-state index in [4.69, 9.17) is 4.74 Å². The summed E-state index contributed by atoms with van der Waals surface area (Å²) in [6.07, 6.45) is -1.05. The Morgan fingerprint density at radius 2 is 2.06 bits per heavy atom. The van der Waals surface area contributed by atoms with Gasteiger partial charge in [-0.1, -0.05) is 6.07 Å². The average molecular weight is 238 g/mol. The maximum Gasteiger partial charge on any atom is 0.310 e. The van der Waals surface area contributed by atoms with Crippen molar-refractivity contribution in [3.8, 4) is 5.75 Å². The van der Waals surface area contributed by atoms with E-state index in [1.165, 1.54) is 6.07 Å². The third-order valence-electron chi connectivity index (χ3n) is 2.66. The number of carbonyl (C=O) groups excluding carboxylic acids is 1. The first-order valence-corrected chi connectivity index (χ1v) is 5.56. The highest BCUT2D eigenvalue weighted by atomic mass is 16.6. The lowest BCUT2D eigenvalue weighted by Crippen LogP contribution is -2.26. The summed E-state index contributed by atoms with van der Waals surface area (Å²) >= 11 is 0. The van der Waals surface area contributed by atoms with Crippen LogP contribution < -0.4 is 0 Å². The highest BCUT2D eigenvalue weighted by Crippen LogP contribution is 2.16. The molecule has 2 N–H and O–H groups in total. The van der Waals surface area contributed by atoms with Crippen molar-refractivity contribution < 1.29 is 19.7 Å². The van der Waals surface area contributed by atoms with E-state index in [0.717, 1.165) is 11.1 Å². The van der Waals surface area contributed by atoms with Crippen LogP contribution in [0.15, 0.2) is 18.2 Å². The van der Waals surface area contributed by atoms with Gasteiger partial charge in [0.2, 0.25) is 0 Å². The Morgan fingerprint density at radius 1 is 1.41 bits per heavy atom. The number of aromatic hydroxyl groups is 1. The Morgan fingerprint density at radius 3 is 2.59 bits per heavy atom. The van der Waals surface area contributed by atoms with E-state index in [9.17, 15) is 15.0 Å². The molecule has 1 aromatic carbocycles. The molecule has 2 atom stereocenters. The van der Waals surface area contributed by atoms with Gasteiger partial charge >= 0.3 is 5.97 Å². The number of benzene rings is 1. The minimum atomic E-state index is -0.681. The SMILES string of the molecule is Cc1cc(O)ccc1CC(=O)OC(C)C(C)O. The van der Waals surface area contributed by atoms with Gasteiger partial charge in [-0.2, -0.15) is 0 Å². The van der Waals surface area contributed by atoms with Crippen LogP contribution in [0.25, 0.3) is 0 Å². The molecule has 0 aliphatic rings. The van der Waals surface area contributed by atoms with E-state index in [2.05, 4.69) is 0 Å². The number of phenolic OH excluding ortho intramolecular Hbond substituents is 1. The number of ether oxygens (including phenoxy) is 1. The summed E-state index contributed by atoms with van der Waals surface area (Å²) in [5, 5.41) is 18.5. The molecule has 0 aromatic heterocycles. The molecule has 0 aliphatic heterocycles. The third-order valence-corrected chi connectivity index (χ3v) is 2.66. The van der Waals surface area contributed by atoms with Crippen LogP contribution in [0.4, 0.5) is 0 Å². The number of aliphatic hydroxyl groups is 1. The molecule has 0 amide bonds. The number of hydrogen-bond donors (Lipinski definition) is 2. The maximum absolute atomic E-state index is 11.6. The summed E-state index contributed by atoms with van der Waals surface area (Å²) in [5.74, 6) is -0.204. The molecule has 4 heteroatoms. The minimum Gasteiger partial charge on any atom is -0.508 e. The number of esters is 1. The summed E-state index contributed by atoms with van der Waals surface area (Å²) < 4.78 is 5.05. The first kappa shape index (κ1) is 13.5. The van der Waals surface area contributed by atoms with Crippen molar-refractivity contribution in [3.05, 3.63) is 29.3 Å². The molecule has 0 radical (unpaired) electrons. The van der Waals surface area contributed by atoms with Crippen molar-refractivity contribution in [2.45, 2.75) is 39.4 Å². The summed E-state index contributed by atoms with van der Waals surface area (Å²) in [7, 11) is 0. The van der Waals surface area contributed by atoms with Gasteiger partial charge in [0.25, 0.3) is 0 Å². The van der Waals surface area contributed by atoms with Crippen LogP contribution in [0.3, 0.4) is 0 Å². The van der Waals surface area contributed by atoms with Gasteiger partial charge in [0, 0.05) is 0 Å². The van der Waals surface area contributed by atoms with Gasteiger partial charge in [0.05, 0.1) is 12.5 Å². The van der Waals surface area contributed by atoms with Gasteiger partial charge in [-0.3, -0.25) is 4.79 Å². The standard InChI is InChI=1S/C13H18O4/c1-8-6-12(15)5-4-11(8)7-13(16)17-10(3)9(2)14/h4-6,9-10,14-15H,7H2,1-3H3. The van der Waals surface area contributed by atoms with Crippen molar-refractivity contribution in [1.29, 1.82) is 0 Å². The maximum atomic E-state index is 11.6. The molecule has 1 aromatic rings. The lowest BCUT2D eigenvalue weighted by atomic mass is 10.1. The monoisotopic (exact) mass is 238 g/mol. The van der Waals surface area contributed by atoms with Gasteiger partial charge in [0.1, 0.15) is 11.9 Å². The molecule has 1 rings (SSSR count). The van der Waals surface area contributed by atoms with Crippen LogP contribution in [-0.2, 0) is 16.0 Å². The first-order valence-electron chi connectivity index (χ1n) is 5.56. The van der Waals surface area contributed by atoms with E-state index >= 15 is 0 Å². The molecule has 0 bridgehead atoms. The highest BCUT2D eigenvalue weighted by Gasteiger charge is 2.15. The number of aryl methyl sites for hydroxylation is 1. The molecule has 0 spiro atoms. The quantitative estimate of drug-likeness (QED) is 0.781. The topological polar surface area (TPSA) is 66.8 Å². The predicted octanol–water partition coefficient (Wildman–Crippen LogP) is 1.56. The second-order valence-electron chi connectivity index (χ2n) is 4.22. The van der Waals surface area contributed by atoms with E-state index in [1.807, 2.05) is 6.92 Å². The van der Waals surface area contributed by atoms with E-state index < -0.39 is 12.2 Å². The molecule has 4 nitrogen and oxygen atoms in total. The van der Waals surface area contributed by atoms with Gasteiger partial charge in [0.15, 0.2) is 0 Å². The highest BCUT2D eigenvalue weighted by molar-refractivity contribution is 5.73. The molecule has 2 unspecified atom stereocenters. The van der Waals surface area contributed by atoms with Crippen molar-refractivity contribution in [1.82, 2.24) is 0 Å². The Labute approximate surface area is 101 Å². The summed E-state index contributed by atoms with van der Waals surface area (Å²) in [6, 6.07) is 4.83. The average Bonchev–Trinajstić information content (AvgIpc) is 2.22. The summed E-state index contributed by atoms with van der Waals surface area (Å²) in [6.45, 7) is 5.04. The van der Waals surface area contributed by atoms with Gasteiger partial charge in [-0.25, -0.2) is 0 Å². The fourth-order valence-corrected chi connectivity index (χ4v) is 1.38. The number of carbonyl (C=O) groups is 1. The molecular formula is C13H18O4. The predicted molar refractivity (Wildman–Crippen MR) is 63.8 cm³/mol. The first-order chi connectivity index (χ1) is 7.90. The fraction of sp³-hybridized carbons (Fsp3) is 0.462. The van der Waals surface area contributed by atoms with Crippen molar-refractivity contribution in [3.63, 3.8) is 0 Å². The zero-order chi connectivity index (χ0) is 13.0. The molecule has 0 fully saturated rings. The van der Waals surface area contributed by atoms with Crippen LogP contribution in [-0.4, -0.2) is 28.4 Å². The Bertz CT molecular complexity index is 398. The summed E-state index contributed by atoms with van der Waals surface area (Å²) in [5.41, 5.74) is 1.65. The zero-order valence-electron chi connectivity index (χ0n) is 10.3. The molecule has 0 heterocycles. The second-order valence-corrected chi connectivity index (χ2v) is 4.22. The molecule has 0 aliphatic carbocycles. The lowest BCUT2D eigenvalue weighted by molar-refractivity contribution is -0.152. The number of rotatable bonds is 4. The molecule has 94 valence electrons. The van der Waals surface area contributed by atoms with Crippen LogP contribution >= 0.6 is 0 Å². The van der Waals surface area contributed by atoms with Crippen LogP contribution in [0.5, 0.6) is 5.75 Å². The number of phenols is 1. The molecule has 0 saturated carbocycles. The van der Waals surface area contributed by atoms with E-state index in [-0.39, 0.29) is 18.1 Å². The van der Waals surface area contributed by atoms with Gasteiger partial charge in [-0.05, 0) is 44.0 Å². The largest absolute Gasteiger partial charge is 0.508 e. The van der Waals surface area contributed by atoms with E-state index in [1.54, 1.807) is 26.0 Å². The Kier molecular flexibility index (Phi) is 4.52. The van der Waals surface area contributed by atoms with Crippen LogP contribution in [0, 0.1) is 6.92 Å². The van der Waals surface area contributed by atoms with Gasteiger partial charge < -0.3 is 14.9 Å². The van der Waals surface area contributed by atoms with Crippen molar-refractivity contribution in [2.75, 3.05) is 0 Å². The molecule has 0 saturated heterocycles. The van der Waals surface area contributed by atoms with Crippen LogP contribution in [0.1, 0.15) is 25.0 Å². The van der Waals surface area contributed by atoms with E-state index in [0.29, 0.717) is 0 Å². The van der Waals surface area contributed by atoms with Crippen molar-refractivity contribution in [2.24, 2.45) is 0 Å². The lowest BCUT2D eigenvalue weighted by Gasteiger charge is -2.16. The third kappa shape index (κ3) is 4.07. The normalized spacial score (nSPS) is 14.1. The minimum absolute atomic E-state index is 0.142. The molecular weight excluding hydrogens is 220 g/mol. The Hall–Kier alpha value is -1.55. The van der Waals surface area contributed by atoms with Crippen LogP contribution in [0.2, 0.25) is 0 Å². The fourth-order valence-electron chi connectivity index (χ4n) is 1.38. The second kappa shape index (κ2) is 5.68. The zero-order valence-corrected chi connectivity index (χ0v) is 10.3. The van der Waals surface area contributed by atoms with Gasteiger partial charge in [-0.15, -0.1) is 0 Å². The molecule has 17 heavy (non-hydrogen) atoms. The Balaban J connectivity index is 2.62. The number of hydrogen-bond acceptors (Lipinski definition) is 4. The smallest absolute Gasteiger partial charge is 0.310 e. The number of aliphatic hydroxyl groups excluding tert-OH is 1. The summed E-state index contributed by atoms with van der Waals surface area (Å²) in [4.78, 5) is 11.6. The van der Waals surface area contributed by atoms with Crippen molar-refractivity contribution >= 4 is 5.97 Å².